The maximum atomic E-state index is 13.2. The number of nitrogens with one attached hydrogen (secondary N) is 1. The standard InChI is InChI=1S/C23H22F3N3O/c1-15-13-20(17-8-3-2-4-9-17)28-22-18(14-27-29(15)22)21(30)12-11-16-7-5-6-10-19(16)23(24,25)26/h2-10,14-15,20,28H,11-13H2,1H3. The van der Waals surface area contributed by atoms with E-state index in [1.54, 1.807) is 10.7 Å². The Morgan fingerprint density at radius 1 is 1.13 bits per heavy atom. The lowest BCUT2D eigenvalue weighted by molar-refractivity contribution is -0.138. The highest BCUT2D eigenvalue weighted by Crippen LogP contribution is 2.37. The van der Waals surface area contributed by atoms with Gasteiger partial charge in [0, 0.05) is 6.42 Å². The molecule has 0 bridgehead atoms. The summed E-state index contributed by atoms with van der Waals surface area (Å²) in [5.74, 6) is 0.415. The molecule has 7 heteroatoms. The molecule has 2 unspecified atom stereocenters. The van der Waals surface area contributed by atoms with E-state index < -0.39 is 11.7 Å². The van der Waals surface area contributed by atoms with Crippen LogP contribution in [0.15, 0.2) is 60.8 Å². The van der Waals surface area contributed by atoms with Gasteiger partial charge in [0.25, 0.3) is 0 Å². The molecular formula is C23H22F3N3O. The van der Waals surface area contributed by atoms with Gasteiger partial charge in [-0.1, -0.05) is 48.5 Å². The zero-order chi connectivity index (χ0) is 21.3. The monoisotopic (exact) mass is 413 g/mol. The van der Waals surface area contributed by atoms with E-state index in [9.17, 15) is 18.0 Å². The molecule has 3 aromatic rings. The Morgan fingerprint density at radius 3 is 2.57 bits per heavy atom. The van der Waals surface area contributed by atoms with Gasteiger partial charge in [0.2, 0.25) is 0 Å². The first-order valence-electron chi connectivity index (χ1n) is 9.92. The summed E-state index contributed by atoms with van der Waals surface area (Å²) < 4.78 is 41.4. The number of hydrogen-bond donors (Lipinski definition) is 1. The molecule has 2 aromatic carbocycles. The van der Waals surface area contributed by atoms with E-state index in [4.69, 9.17) is 0 Å². The van der Waals surface area contributed by atoms with Crippen molar-refractivity contribution >= 4 is 11.6 Å². The van der Waals surface area contributed by atoms with Crippen molar-refractivity contribution in [1.29, 1.82) is 0 Å². The van der Waals surface area contributed by atoms with Crippen molar-refractivity contribution in [2.45, 2.75) is 44.4 Å². The number of aryl methyl sites for hydroxylation is 1. The van der Waals surface area contributed by atoms with Crippen molar-refractivity contribution in [3.8, 4) is 0 Å². The quantitative estimate of drug-likeness (QED) is 0.535. The lowest BCUT2D eigenvalue weighted by atomic mass is 9.96. The number of hydrogen-bond acceptors (Lipinski definition) is 3. The van der Waals surface area contributed by atoms with Gasteiger partial charge in [-0.3, -0.25) is 4.79 Å². The van der Waals surface area contributed by atoms with Crippen LogP contribution >= 0.6 is 0 Å². The third-order valence-corrected chi connectivity index (χ3v) is 5.55. The molecule has 1 aliphatic heterocycles. The van der Waals surface area contributed by atoms with Crippen molar-refractivity contribution in [3.63, 3.8) is 0 Å². The van der Waals surface area contributed by atoms with Crippen LogP contribution < -0.4 is 5.32 Å². The number of fused-ring (bicyclic) bond motifs is 1. The molecule has 0 fully saturated rings. The second kappa shape index (κ2) is 7.97. The van der Waals surface area contributed by atoms with Gasteiger partial charge in [0.15, 0.2) is 5.78 Å². The van der Waals surface area contributed by atoms with Gasteiger partial charge in [0.05, 0.1) is 29.4 Å². The number of halogens is 3. The topological polar surface area (TPSA) is 46.9 Å². The molecule has 156 valence electrons. The molecule has 0 radical (unpaired) electrons. The van der Waals surface area contributed by atoms with Crippen LogP contribution in [0.5, 0.6) is 0 Å². The number of ketones is 1. The van der Waals surface area contributed by atoms with Crippen LogP contribution in [0.3, 0.4) is 0 Å². The molecule has 0 amide bonds. The average Bonchev–Trinajstić information content (AvgIpc) is 3.17. The zero-order valence-electron chi connectivity index (χ0n) is 16.5. The van der Waals surface area contributed by atoms with E-state index >= 15 is 0 Å². The highest BCUT2D eigenvalue weighted by molar-refractivity contribution is 6.00. The number of Topliss-reactive ketones (excluding diaryl/α,β-unsaturated/α-hetero) is 1. The summed E-state index contributed by atoms with van der Waals surface area (Å²) >= 11 is 0. The molecular weight excluding hydrogens is 391 g/mol. The highest BCUT2D eigenvalue weighted by atomic mass is 19.4. The maximum Gasteiger partial charge on any atom is 0.416 e. The van der Waals surface area contributed by atoms with Crippen molar-refractivity contribution in [2.75, 3.05) is 5.32 Å². The van der Waals surface area contributed by atoms with Crippen molar-refractivity contribution < 1.29 is 18.0 Å². The molecule has 1 aromatic heterocycles. The van der Waals surface area contributed by atoms with E-state index in [2.05, 4.69) is 10.4 Å². The molecule has 2 atom stereocenters. The Balaban J connectivity index is 1.54. The average molecular weight is 413 g/mol. The lowest BCUT2D eigenvalue weighted by Crippen LogP contribution is -2.26. The van der Waals surface area contributed by atoms with Gasteiger partial charge < -0.3 is 5.32 Å². The molecule has 1 N–H and O–H groups in total. The Kier molecular flexibility index (Phi) is 5.37. The smallest absolute Gasteiger partial charge is 0.363 e. The summed E-state index contributed by atoms with van der Waals surface area (Å²) in [5, 5.41) is 7.76. The number of carbonyl (C=O) groups is 1. The van der Waals surface area contributed by atoms with Gasteiger partial charge in [-0.15, -0.1) is 0 Å². The summed E-state index contributed by atoms with van der Waals surface area (Å²) in [4.78, 5) is 12.9. The summed E-state index contributed by atoms with van der Waals surface area (Å²) in [6.07, 6.45) is -2.08. The van der Waals surface area contributed by atoms with Crippen molar-refractivity contribution in [3.05, 3.63) is 83.0 Å². The first-order valence-corrected chi connectivity index (χ1v) is 9.92. The maximum absolute atomic E-state index is 13.2. The number of anilines is 1. The second-order valence-electron chi connectivity index (χ2n) is 7.62. The number of rotatable bonds is 5. The summed E-state index contributed by atoms with van der Waals surface area (Å²) in [5.41, 5.74) is 0.981. The number of carbonyl (C=O) groups excluding carboxylic acids is 1. The van der Waals surface area contributed by atoms with Crippen LogP contribution in [0, 0.1) is 0 Å². The molecule has 1 aliphatic rings. The molecule has 4 rings (SSSR count). The van der Waals surface area contributed by atoms with Crippen LogP contribution in [0.2, 0.25) is 0 Å². The van der Waals surface area contributed by atoms with Crippen LogP contribution in [0.1, 0.15) is 58.9 Å². The van der Waals surface area contributed by atoms with Crippen LogP contribution in [-0.4, -0.2) is 15.6 Å². The van der Waals surface area contributed by atoms with E-state index in [1.165, 1.54) is 18.3 Å². The third-order valence-electron chi connectivity index (χ3n) is 5.55. The van der Waals surface area contributed by atoms with Crippen LogP contribution in [0.4, 0.5) is 19.0 Å². The molecule has 30 heavy (non-hydrogen) atoms. The Hall–Kier alpha value is -3.09. The predicted molar refractivity (Wildman–Crippen MR) is 108 cm³/mol. The van der Waals surface area contributed by atoms with Gasteiger partial charge in [-0.05, 0) is 37.0 Å². The third kappa shape index (κ3) is 3.97. The van der Waals surface area contributed by atoms with Gasteiger partial charge in [0.1, 0.15) is 5.82 Å². The van der Waals surface area contributed by atoms with Crippen LogP contribution in [0.25, 0.3) is 0 Å². The zero-order valence-corrected chi connectivity index (χ0v) is 16.5. The number of aromatic nitrogens is 2. The second-order valence-corrected chi connectivity index (χ2v) is 7.62. The van der Waals surface area contributed by atoms with Crippen LogP contribution in [-0.2, 0) is 12.6 Å². The molecule has 0 aliphatic carbocycles. The lowest BCUT2D eigenvalue weighted by Gasteiger charge is -2.31. The first-order chi connectivity index (χ1) is 14.3. The molecule has 0 spiro atoms. The first kappa shape index (κ1) is 20.2. The summed E-state index contributed by atoms with van der Waals surface area (Å²) in [7, 11) is 0. The Bertz CT molecular complexity index is 1040. The fourth-order valence-electron chi connectivity index (χ4n) is 4.01. The summed E-state index contributed by atoms with van der Waals surface area (Å²) in [6, 6.07) is 15.5. The molecule has 0 saturated carbocycles. The number of alkyl halides is 3. The molecule has 0 saturated heterocycles. The van der Waals surface area contributed by atoms with Gasteiger partial charge >= 0.3 is 6.18 Å². The van der Waals surface area contributed by atoms with Gasteiger partial charge in [-0.25, -0.2) is 4.68 Å². The minimum atomic E-state index is -4.43. The number of benzene rings is 2. The fraction of sp³-hybridized carbons (Fsp3) is 0.304. The molecule has 2 heterocycles. The van der Waals surface area contributed by atoms with Crippen molar-refractivity contribution in [2.24, 2.45) is 0 Å². The Labute approximate surface area is 172 Å². The van der Waals surface area contributed by atoms with E-state index in [1.807, 2.05) is 37.3 Å². The normalized spacial score (nSPS) is 18.5. The SMILES string of the molecule is CC1CC(c2ccccc2)Nc2c(C(=O)CCc3ccccc3C(F)(F)F)cnn21. The van der Waals surface area contributed by atoms with E-state index in [0.717, 1.165) is 18.1 Å². The molecule has 4 nitrogen and oxygen atoms in total. The largest absolute Gasteiger partial charge is 0.416 e. The summed E-state index contributed by atoms with van der Waals surface area (Å²) in [6.45, 7) is 2.04. The number of nitrogens with zero attached hydrogens (tertiary/aromatic N) is 2. The minimum Gasteiger partial charge on any atom is -0.363 e. The Morgan fingerprint density at radius 2 is 1.83 bits per heavy atom. The predicted octanol–water partition coefficient (Wildman–Crippen LogP) is 5.84. The minimum absolute atomic E-state index is 0.0160. The van der Waals surface area contributed by atoms with E-state index in [0.29, 0.717) is 11.4 Å². The van der Waals surface area contributed by atoms with E-state index in [-0.39, 0.29) is 36.3 Å². The highest BCUT2D eigenvalue weighted by Gasteiger charge is 2.33. The fourth-order valence-corrected chi connectivity index (χ4v) is 4.01. The van der Waals surface area contributed by atoms with Gasteiger partial charge in [-0.2, -0.15) is 18.3 Å². The van der Waals surface area contributed by atoms with Crippen molar-refractivity contribution in [1.82, 2.24) is 9.78 Å².